The van der Waals surface area contributed by atoms with E-state index < -0.39 is 0 Å². The van der Waals surface area contributed by atoms with Crippen LogP contribution in [0, 0.1) is 0 Å². The molecule has 1 aromatic carbocycles. The van der Waals surface area contributed by atoms with Crippen LogP contribution in [-0.4, -0.2) is 29.5 Å². The molecule has 0 aromatic heterocycles. The Morgan fingerprint density at radius 1 is 1.37 bits per heavy atom. The van der Waals surface area contributed by atoms with Crippen LogP contribution in [-0.2, 0) is 0 Å². The van der Waals surface area contributed by atoms with Crippen molar-refractivity contribution in [1.29, 1.82) is 0 Å². The topological polar surface area (TPSA) is 61.7 Å². The number of phenols is 1. The average Bonchev–Trinajstić information content (AvgIpc) is 2.38. The van der Waals surface area contributed by atoms with E-state index in [1.807, 2.05) is 19.1 Å². The van der Waals surface area contributed by atoms with E-state index in [0.717, 1.165) is 31.2 Å². The lowest BCUT2D eigenvalue weighted by Gasteiger charge is -2.29. The number of benzene rings is 1. The van der Waals surface area contributed by atoms with Crippen LogP contribution in [0.1, 0.15) is 44.2 Å². The normalized spacial score (nSPS) is 25.0. The van der Waals surface area contributed by atoms with Crippen molar-refractivity contribution in [2.75, 3.05) is 7.11 Å². The van der Waals surface area contributed by atoms with E-state index in [1.165, 1.54) is 0 Å². The van der Waals surface area contributed by atoms with Crippen LogP contribution in [0.15, 0.2) is 18.2 Å². The molecule has 0 amide bonds. The van der Waals surface area contributed by atoms with Crippen molar-refractivity contribution in [2.45, 2.75) is 50.8 Å². The molecule has 3 atom stereocenters. The van der Waals surface area contributed by atoms with E-state index in [9.17, 15) is 10.2 Å². The summed E-state index contributed by atoms with van der Waals surface area (Å²) >= 11 is 0. The fraction of sp³-hybridized carbons (Fsp3) is 0.600. The first-order valence-corrected chi connectivity index (χ1v) is 6.91. The number of methoxy groups -OCH3 is 1. The standard InChI is InChI=1S/C15H23NO3/c1-10(16-11-4-3-5-12(17)8-11)14-7-6-13(19-2)9-15(14)18/h6-7,9-12,16-18H,3-5,8H2,1-2H3. The molecule has 0 spiro atoms. The summed E-state index contributed by atoms with van der Waals surface area (Å²) in [4.78, 5) is 0. The summed E-state index contributed by atoms with van der Waals surface area (Å²) in [5.74, 6) is 0.900. The molecule has 106 valence electrons. The molecule has 3 N–H and O–H groups in total. The third-order valence-electron chi connectivity index (χ3n) is 3.84. The van der Waals surface area contributed by atoms with E-state index in [-0.39, 0.29) is 17.9 Å². The monoisotopic (exact) mass is 265 g/mol. The molecule has 1 aliphatic carbocycles. The van der Waals surface area contributed by atoms with Crippen LogP contribution < -0.4 is 10.1 Å². The van der Waals surface area contributed by atoms with Crippen LogP contribution in [0.3, 0.4) is 0 Å². The van der Waals surface area contributed by atoms with Crippen molar-refractivity contribution in [3.8, 4) is 11.5 Å². The molecule has 4 nitrogen and oxygen atoms in total. The maximum absolute atomic E-state index is 10.0. The SMILES string of the molecule is COc1ccc(C(C)NC2CCCC(O)C2)c(O)c1. The molecule has 3 unspecified atom stereocenters. The molecule has 1 fully saturated rings. The van der Waals surface area contributed by atoms with Crippen LogP contribution >= 0.6 is 0 Å². The molecule has 1 saturated carbocycles. The molecule has 19 heavy (non-hydrogen) atoms. The number of rotatable bonds is 4. The second-order valence-corrected chi connectivity index (χ2v) is 5.33. The average molecular weight is 265 g/mol. The number of aliphatic hydroxyl groups is 1. The minimum Gasteiger partial charge on any atom is -0.507 e. The highest BCUT2D eigenvalue weighted by molar-refractivity contribution is 5.41. The second kappa shape index (κ2) is 6.26. The minimum absolute atomic E-state index is 0.0567. The molecular formula is C15H23NO3. The predicted molar refractivity (Wildman–Crippen MR) is 74.5 cm³/mol. The van der Waals surface area contributed by atoms with Gasteiger partial charge in [0.2, 0.25) is 0 Å². The molecule has 0 radical (unpaired) electrons. The molecule has 0 bridgehead atoms. The largest absolute Gasteiger partial charge is 0.507 e. The van der Waals surface area contributed by atoms with Gasteiger partial charge in [0, 0.05) is 23.7 Å². The molecule has 0 aliphatic heterocycles. The van der Waals surface area contributed by atoms with Crippen LogP contribution in [0.2, 0.25) is 0 Å². The number of aromatic hydroxyl groups is 1. The highest BCUT2D eigenvalue weighted by Crippen LogP contribution is 2.29. The zero-order chi connectivity index (χ0) is 13.8. The fourth-order valence-corrected chi connectivity index (χ4v) is 2.78. The highest BCUT2D eigenvalue weighted by Gasteiger charge is 2.22. The number of ether oxygens (including phenoxy) is 1. The number of nitrogens with one attached hydrogen (secondary N) is 1. The molecule has 0 heterocycles. The third kappa shape index (κ3) is 3.61. The fourth-order valence-electron chi connectivity index (χ4n) is 2.78. The number of hydrogen-bond acceptors (Lipinski definition) is 4. The zero-order valence-electron chi connectivity index (χ0n) is 11.6. The zero-order valence-corrected chi connectivity index (χ0v) is 11.6. The summed E-state index contributed by atoms with van der Waals surface area (Å²) in [5, 5.41) is 23.2. The first kappa shape index (κ1) is 14.2. The van der Waals surface area contributed by atoms with Crippen molar-refractivity contribution in [2.24, 2.45) is 0 Å². The Morgan fingerprint density at radius 2 is 2.16 bits per heavy atom. The Bertz CT molecular complexity index is 422. The van der Waals surface area contributed by atoms with Gasteiger partial charge in [0.25, 0.3) is 0 Å². The summed E-state index contributed by atoms with van der Waals surface area (Å²) in [6.45, 7) is 2.03. The van der Waals surface area contributed by atoms with Gasteiger partial charge in [0.05, 0.1) is 13.2 Å². The van der Waals surface area contributed by atoms with Gasteiger partial charge < -0.3 is 20.3 Å². The lowest BCUT2D eigenvalue weighted by Crippen LogP contribution is -2.37. The maximum Gasteiger partial charge on any atom is 0.124 e. The van der Waals surface area contributed by atoms with Crippen LogP contribution in [0.25, 0.3) is 0 Å². The van der Waals surface area contributed by atoms with Gasteiger partial charge in [0.1, 0.15) is 11.5 Å². The van der Waals surface area contributed by atoms with Gasteiger partial charge in [0.15, 0.2) is 0 Å². The van der Waals surface area contributed by atoms with Crippen molar-refractivity contribution in [3.63, 3.8) is 0 Å². The summed E-state index contributed by atoms with van der Waals surface area (Å²) in [5.41, 5.74) is 0.862. The van der Waals surface area contributed by atoms with E-state index >= 15 is 0 Å². The van der Waals surface area contributed by atoms with Crippen LogP contribution in [0.4, 0.5) is 0 Å². The van der Waals surface area contributed by atoms with Gasteiger partial charge in [-0.05, 0) is 38.7 Å². The molecule has 2 rings (SSSR count). The maximum atomic E-state index is 10.0. The van der Waals surface area contributed by atoms with E-state index in [4.69, 9.17) is 4.74 Å². The van der Waals surface area contributed by atoms with Gasteiger partial charge in [-0.3, -0.25) is 0 Å². The summed E-state index contributed by atoms with van der Waals surface area (Å²) in [6.07, 6.45) is 3.64. The van der Waals surface area contributed by atoms with Gasteiger partial charge in [-0.15, -0.1) is 0 Å². The first-order chi connectivity index (χ1) is 9.10. The Labute approximate surface area is 114 Å². The molecule has 0 saturated heterocycles. The third-order valence-corrected chi connectivity index (χ3v) is 3.84. The molecule has 1 aromatic rings. The quantitative estimate of drug-likeness (QED) is 0.782. The smallest absolute Gasteiger partial charge is 0.124 e. The first-order valence-electron chi connectivity index (χ1n) is 6.91. The Morgan fingerprint density at radius 3 is 2.79 bits per heavy atom. The predicted octanol–water partition coefficient (Wildman–Crippen LogP) is 2.35. The number of phenolic OH excluding ortho intramolecular Hbond substituents is 1. The Hall–Kier alpha value is -1.26. The Kier molecular flexibility index (Phi) is 4.66. The van der Waals surface area contributed by atoms with Crippen molar-refractivity contribution in [1.82, 2.24) is 5.32 Å². The van der Waals surface area contributed by atoms with Gasteiger partial charge in [-0.1, -0.05) is 6.07 Å². The van der Waals surface area contributed by atoms with E-state index in [0.29, 0.717) is 11.8 Å². The summed E-state index contributed by atoms with van der Waals surface area (Å²) < 4.78 is 5.08. The van der Waals surface area contributed by atoms with Crippen molar-refractivity contribution >= 4 is 0 Å². The van der Waals surface area contributed by atoms with Gasteiger partial charge in [-0.2, -0.15) is 0 Å². The van der Waals surface area contributed by atoms with E-state index in [2.05, 4.69) is 5.32 Å². The summed E-state index contributed by atoms with van der Waals surface area (Å²) in [7, 11) is 1.58. The van der Waals surface area contributed by atoms with Crippen LogP contribution in [0.5, 0.6) is 11.5 Å². The molecule has 1 aliphatic rings. The molecular weight excluding hydrogens is 242 g/mol. The highest BCUT2D eigenvalue weighted by atomic mass is 16.5. The molecule has 4 heteroatoms. The number of aliphatic hydroxyl groups excluding tert-OH is 1. The van der Waals surface area contributed by atoms with Gasteiger partial charge in [-0.25, -0.2) is 0 Å². The van der Waals surface area contributed by atoms with Crippen molar-refractivity contribution in [3.05, 3.63) is 23.8 Å². The number of hydrogen-bond donors (Lipinski definition) is 3. The van der Waals surface area contributed by atoms with Crippen molar-refractivity contribution < 1.29 is 14.9 Å². The van der Waals surface area contributed by atoms with E-state index in [1.54, 1.807) is 13.2 Å². The second-order valence-electron chi connectivity index (χ2n) is 5.33. The lowest BCUT2D eigenvalue weighted by molar-refractivity contribution is 0.109. The Balaban J connectivity index is 2.01. The minimum atomic E-state index is -0.192. The lowest BCUT2D eigenvalue weighted by atomic mass is 9.92. The summed E-state index contributed by atoms with van der Waals surface area (Å²) in [6, 6.07) is 5.73. The van der Waals surface area contributed by atoms with Gasteiger partial charge >= 0.3 is 0 Å².